The summed E-state index contributed by atoms with van der Waals surface area (Å²) in [5, 5.41) is 0. The van der Waals surface area contributed by atoms with E-state index in [-0.39, 0.29) is 11.4 Å². The summed E-state index contributed by atoms with van der Waals surface area (Å²) >= 11 is 0. The third-order valence-corrected chi connectivity index (χ3v) is 3.86. The largest absolute Gasteiger partial charge is 0.490 e. The zero-order chi connectivity index (χ0) is 14.4. The van der Waals surface area contributed by atoms with Crippen molar-refractivity contribution in [3.05, 3.63) is 23.5 Å². The van der Waals surface area contributed by atoms with Crippen molar-refractivity contribution in [1.29, 1.82) is 0 Å². The summed E-state index contributed by atoms with van der Waals surface area (Å²) in [5.41, 5.74) is 0.132. The van der Waals surface area contributed by atoms with Crippen molar-refractivity contribution < 1.29 is 19.1 Å². The average molecular weight is 278 g/mol. The standard InChI is InChI=1S/C16H22O4/c1-19-16(18)13(11-12-7-3-2-4-8-12)15(17)14-9-5-6-10-20-14/h9,11-12H,2-8,10H2,1H3/b13-11-. The van der Waals surface area contributed by atoms with Crippen LogP contribution in [-0.4, -0.2) is 25.5 Å². The van der Waals surface area contributed by atoms with Crippen LogP contribution in [0.15, 0.2) is 23.5 Å². The highest BCUT2D eigenvalue weighted by molar-refractivity contribution is 6.23. The molecule has 2 aliphatic rings. The predicted octanol–water partition coefficient (Wildman–Crippen LogP) is 2.93. The van der Waals surface area contributed by atoms with Gasteiger partial charge >= 0.3 is 5.97 Å². The van der Waals surface area contributed by atoms with Crippen LogP contribution in [0.2, 0.25) is 0 Å². The minimum absolute atomic E-state index is 0.132. The van der Waals surface area contributed by atoms with Gasteiger partial charge in [0.25, 0.3) is 0 Å². The number of Topliss-reactive ketones (excluding diaryl/α,β-unsaturated/α-hetero) is 1. The highest BCUT2D eigenvalue weighted by Gasteiger charge is 2.26. The Bertz CT molecular complexity index is 428. The number of carbonyl (C=O) groups excluding carboxylic acids is 2. The topological polar surface area (TPSA) is 52.6 Å². The second kappa shape index (κ2) is 7.27. The van der Waals surface area contributed by atoms with Crippen molar-refractivity contribution in [2.75, 3.05) is 13.7 Å². The lowest BCUT2D eigenvalue weighted by Gasteiger charge is -2.20. The van der Waals surface area contributed by atoms with Crippen LogP contribution in [0, 0.1) is 5.92 Å². The molecule has 0 amide bonds. The molecule has 0 aromatic rings. The third-order valence-electron chi connectivity index (χ3n) is 3.86. The van der Waals surface area contributed by atoms with Crippen LogP contribution >= 0.6 is 0 Å². The van der Waals surface area contributed by atoms with E-state index in [1.54, 1.807) is 12.2 Å². The highest BCUT2D eigenvalue weighted by atomic mass is 16.5. The van der Waals surface area contributed by atoms with Crippen LogP contribution in [0.3, 0.4) is 0 Å². The number of hydrogen-bond donors (Lipinski definition) is 0. The third kappa shape index (κ3) is 3.71. The van der Waals surface area contributed by atoms with Crippen LogP contribution in [0.4, 0.5) is 0 Å². The number of ketones is 1. The summed E-state index contributed by atoms with van der Waals surface area (Å²) in [6, 6.07) is 0. The molecule has 0 aromatic carbocycles. The monoisotopic (exact) mass is 278 g/mol. The molecule has 0 N–H and O–H groups in total. The number of methoxy groups -OCH3 is 1. The van der Waals surface area contributed by atoms with E-state index in [1.165, 1.54) is 13.5 Å². The molecular formula is C16H22O4. The fourth-order valence-corrected chi connectivity index (χ4v) is 2.73. The minimum atomic E-state index is -0.560. The van der Waals surface area contributed by atoms with Gasteiger partial charge in [-0.1, -0.05) is 25.3 Å². The Morgan fingerprint density at radius 1 is 1.25 bits per heavy atom. The van der Waals surface area contributed by atoms with Gasteiger partial charge in [0.05, 0.1) is 13.7 Å². The number of esters is 1. The molecule has 1 fully saturated rings. The Labute approximate surface area is 119 Å². The summed E-state index contributed by atoms with van der Waals surface area (Å²) in [7, 11) is 1.31. The zero-order valence-corrected chi connectivity index (χ0v) is 12.0. The lowest BCUT2D eigenvalue weighted by molar-refractivity contribution is -0.137. The van der Waals surface area contributed by atoms with Gasteiger partial charge in [-0.25, -0.2) is 4.79 Å². The Balaban J connectivity index is 2.17. The van der Waals surface area contributed by atoms with Crippen LogP contribution in [-0.2, 0) is 19.1 Å². The Morgan fingerprint density at radius 3 is 2.60 bits per heavy atom. The van der Waals surface area contributed by atoms with Crippen molar-refractivity contribution in [2.24, 2.45) is 5.92 Å². The smallest absolute Gasteiger partial charge is 0.341 e. The van der Waals surface area contributed by atoms with Crippen LogP contribution < -0.4 is 0 Å². The molecule has 20 heavy (non-hydrogen) atoms. The molecule has 2 rings (SSSR count). The lowest BCUT2D eigenvalue weighted by Crippen LogP contribution is -2.21. The summed E-state index contributed by atoms with van der Waals surface area (Å²) in [6.07, 6.45) is 10.9. The molecule has 0 atom stereocenters. The Morgan fingerprint density at radius 2 is 2.00 bits per heavy atom. The van der Waals surface area contributed by atoms with Gasteiger partial charge in [0, 0.05) is 0 Å². The van der Waals surface area contributed by atoms with E-state index in [2.05, 4.69) is 0 Å². The van der Waals surface area contributed by atoms with E-state index in [9.17, 15) is 9.59 Å². The van der Waals surface area contributed by atoms with Gasteiger partial charge in [-0.15, -0.1) is 0 Å². The van der Waals surface area contributed by atoms with Crippen LogP contribution in [0.5, 0.6) is 0 Å². The Kier molecular flexibility index (Phi) is 5.39. The van der Waals surface area contributed by atoms with Gasteiger partial charge < -0.3 is 9.47 Å². The summed E-state index contributed by atoms with van der Waals surface area (Å²) < 4.78 is 10.1. The van der Waals surface area contributed by atoms with Crippen molar-refractivity contribution in [3.8, 4) is 0 Å². The van der Waals surface area contributed by atoms with Crippen LogP contribution in [0.1, 0.15) is 44.9 Å². The fraction of sp³-hybridized carbons (Fsp3) is 0.625. The highest BCUT2D eigenvalue weighted by Crippen LogP contribution is 2.27. The van der Waals surface area contributed by atoms with Gasteiger partial charge in [0.1, 0.15) is 5.57 Å². The van der Waals surface area contributed by atoms with E-state index in [0.717, 1.165) is 38.5 Å². The van der Waals surface area contributed by atoms with Crippen molar-refractivity contribution in [2.45, 2.75) is 44.9 Å². The summed E-state index contributed by atoms with van der Waals surface area (Å²) in [5.74, 6) is -0.299. The molecule has 4 nitrogen and oxygen atoms in total. The van der Waals surface area contributed by atoms with Gasteiger partial charge in [-0.05, 0) is 37.7 Å². The first-order chi connectivity index (χ1) is 9.72. The van der Waals surface area contributed by atoms with Gasteiger partial charge in [-0.2, -0.15) is 0 Å². The van der Waals surface area contributed by atoms with Gasteiger partial charge in [0.15, 0.2) is 5.76 Å². The molecule has 0 bridgehead atoms. The molecule has 1 heterocycles. The van der Waals surface area contributed by atoms with Crippen molar-refractivity contribution in [1.82, 2.24) is 0 Å². The first-order valence-corrected chi connectivity index (χ1v) is 7.40. The average Bonchev–Trinajstić information content (AvgIpc) is 2.53. The molecule has 1 aliphatic heterocycles. The van der Waals surface area contributed by atoms with Crippen LogP contribution in [0.25, 0.3) is 0 Å². The second-order valence-electron chi connectivity index (χ2n) is 5.36. The fourth-order valence-electron chi connectivity index (χ4n) is 2.73. The molecule has 110 valence electrons. The first-order valence-electron chi connectivity index (χ1n) is 7.40. The zero-order valence-electron chi connectivity index (χ0n) is 12.0. The van der Waals surface area contributed by atoms with E-state index >= 15 is 0 Å². The van der Waals surface area contributed by atoms with Gasteiger partial charge in [0.2, 0.25) is 5.78 Å². The van der Waals surface area contributed by atoms with E-state index in [1.807, 2.05) is 0 Å². The number of rotatable bonds is 4. The molecule has 1 saturated carbocycles. The molecule has 0 radical (unpaired) electrons. The quantitative estimate of drug-likeness (QED) is 0.343. The minimum Gasteiger partial charge on any atom is -0.490 e. The molecule has 0 aromatic heterocycles. The SMILES string of the molecule is COC(=O)/C(=C\C1CCCCC1)C(=O)C1=CCCCO1. The maximum atomic E-state index is 12.4. The molecule has 0 unspecified atom stereocenters. The maximum absolute atomic E-state index is 12.4. The second-order valence-corrected chi connectivity index (χ2v) is 5.36. The predicted molar refractivity (Wildman–Crippen MR) is 75.0 cm³/mol. The summed E-state index contributed by atoms with van der Waals surface area (Å²) in [6.45, 7) is 0.537. The normalized spacial score (nSPS) is 20.9. The van der Waals surface area contributed by atoms with Crippen molar-refractivity contribution in [3.63, 3.8) is 0 Å². The van der Waals surface area contributed by atoms with E-state index < -0.39 is 5.97 Å². The molecule has 0 saturated heterocycles. The molecule has 4 heteroatoms. The van der Waals surface area contributed by atoms with Gasteiger partial charge in [-0.3, -0.25) is 4.79 Å². The number of hydrogen-bond acceptors (Lipinski definition) is 4. The number of ether oxygens (including phenoxy) is 2. The maximum Gasteiger partial charge on any atom is 0.341 e. The molecular weight excluding hydrogens is 256 g/mol. The first kappa shape index (κ1) is 14.8. The number of carbonyl (C=O) groups is 2. The summed E-state index contributed by atoms with van der Waals surface area (Å²) in [4.78, 5) is 24.3. The van der Waals surface area contributed by atoms with E-state index in [4.69, 9.17) is 9.47 Å². The van der Waals surface area contributed by atoms with Crippen molar-refractivity contribution >= 4 is 11.8 Å². The molecule has 1 aliphatic carbocycles. The molecule has 0 spiro atoms. The lowest BCUT2D eigenvalue weighted by atomic mass is 9.87. The number of allylic oxidation sites excluding steroid dienone is 3. The Hall–Kier alpha value is -1.58. The van der Waals surface area contributed by atoms with E-state index in [0.29, 0.717) is 18.3 Å².